The minimum atomic E-state index is -1.80. The molecule has 0 aromatic carbocycles. The molecule has 0 aromatic heterocycles. The Kier molecular flexibility index (Phi) is 31.2. The van der Waals surface area contributed by atoms with Crippen LogP contribution >= 0.6 is 0 Å². The monoisotopic (exact) mass is 1020 g/mol. The van der Waals surface area contributed by atoms with Gasteiger partial charge in [-0.15, -0.1) is 0 Å². The first-order valence-corrected chi connectivity index (χ1v) is 23.8. The molecular formula is C44H81N13O14. The van der Waals surface area contributed by atoms with Gasteiger partial charge in [0.05, 0.1) is 13.2 Å². The van der Waals surface area contributed by atoms with Crippen molar-refractivity contribution in [1.29, 1.82) is 0 Å². The maximum Gasteiger partial charge on any atom is 0.326 e. The number of aliphatic hydroxyl groups excluding tert-OH is 2. The van der Waals surface area contributed by atoms with Crippen LogP contribution in [0.4, 0.5) is 0 Å². The molecule has 0 aliphatic carbocycles. The van der Waals surface area contributed by atoms with E-state index in [9.17, 15) is 63.3 Å². The van der Waals surface area contributed by atoms with Gasteiger partial charge in [-0.25, -0.2) is 4.79 Å². The van der Waals surface area contributed by atoms with Gasteiger partial charge in [0.25, 0.3) is 0 Å². The summed E-state index contributed by atoms with van der Waals surface area (Å²) in [5.41, 5.74) is 22.1. The summed E-state index contributed by atoms with van der Waals surface area (Å²) in [6, 6.07) is -12.6. The van der Waals surface area contributed by atoms with Crippen molar-refractivity contribution in [3.8, 4) is 0 Å². The Hall–Kier alpha value is -6.19. The fourth-order valence-electron chi connectivity index (χ4n) is 6.76. The van der Waals surface area contributed by atoms with Crippen molar-refractivity contribution in [2.75, 3.05) is 26.3 Å². The summed E-state index contributed by atoms with van der Waals surface area (Å²) >= 11 is 0. The number of guanidine groups is 1. The molecule has 71 heavy (non-hydrogen) atoms. The van der Waals surface area contributed by atoms with Gasteiger partial charge in [-0.1, -0.05) is 41.5 Å². The van der Waals surface area contributed by atoms with Crippen LogP contribution in [0.15, 0.2) is 4.99 Å². The lowest BCUT2D eigenvalue weighted by molar-refractivity contribution is -0.143. The van der Waals surface area contributed by atoms with E-state index < -0.39 is 140 Å². The number of carboxylic acid groups (broad SMARTS) is 2. The number of hydrogen-bond donors (Lipinski definition) is 16. The zero-order chi connectivity index (χ0) is 54.5. The van der Waals surface area contributed by atoms with Crippen molar-refractivity contribution in [3.63, 3.8) is 0 Å². The van der Waals surface area contributed by atoms with Crippen molar-refractivity contribution in [1.82, 2.24) is 42.5 Å². The highest BCUT2D eigenvalue weighted by atomic mass is 16.4. The number of unbranched alkanes of at least 4 members (excludes halogenated alkanes) is 1. The van der Waals surface area contributed by atoms with E-state index in [4.69, 9.17) is 28.0 Å². The summed E-state index contributed by atoms with van der Waals surface area (Å²) in [4.78, 5) is 135. The Balaban J connectivity index is 6.68. The Labute approximate surface area is 414 Å². The van der Waals surface area contributed by atoms with Crippen LogP contribution in [0.2, 0.25) is 0 Å². The minimum absolute atomic E-state index is 0.000421. The Bertz CT molecular complexity index is 1800. The zero-order valence-corrected chi connectivity index (χ0v) is 42.0. The van der Waals surface area contributed by atoms with Gasteiger partial charge in [0, 0.05) is 13.0 Å². The molecule has 0 rings (SSSR count). The first kappa shape index (κ1) is 64.8. The maximum atomic E-state index is 14.1. The van der Waals surface area contributed by atoms with Gasteiger partial charge in [-0.2, -0.15) is 0 Å². The molecule has 0 heterocycles. The number of carbonyl (C=O) groups is 10. The van der Waals surface area contributed by atoms with Crippen LogP contribution in [0.25, 0.3) is 0 Å². The number of amides is 8. The first-order chi connectivity index (χ1) is 33.2. The quantitative estimate of drug-likeness (QED) is 0.0160. The second-order valence-electron chi connectivity index (χ2n) is 18.5. The molecule has 27 nitrogen and oxygen atoms in total. The largest absolute Gasteiger partial charge is 0.481 e. The third kappa shape index (κ3) is 27.1. The van der Waals surface area contributed by atoms with E-state index in [2.05, 4.69) is 47.5 Å². The van der Waals surface area contributed by atoms with Crippen LogP contribution in [0.1, 0.15) is 113 Å². The molecule has 0 spiro atoms. The molecule has 0 aliphatic rings. The smallest absolute Gasteiger partial charge is 0.326 e. The molecule has 0 saturated carbocycles. The average molecular weight is 1020 g/mol. The minimum Gasteiger partial charge on any atom is -0.481 e. The first-order valence-electron chi connectivity index (χ1n) is 23.8. The summed E-state index contributed by atoms with van der Waals surface area (Å²) in [5.74, 6) is -10.6. The summed E-state index contributed by atoms with van der Waals surface area (Å²) in [5, 5.41) is 58.1. The van der Waals surface area contributed by atoms with Gasteiger partial charge in [0.15, 0.2) is 5.96 Å². The molecule has 406 valence electrons. The predicted molar refractivity (Wildman–Crippen MR) is 259 cm³/mol. The van der Waals surface area contributed by atoms with Gasteiger partial charge in [0.2, 0.25) is 47.3 Å². The van der Waals surface area contributed by atoms with Crippen molar-refractivity contribution in [2.45, 2.75) is 167 Å². The van der Waals surface area contributed by atoms with Crippen molar-refractivity contribution >= 4 is 65.2 Å². The summed E-state index contributed by atoms with van der Waals surface area (Å²) in [7, 11) is 0. The SMILES string of the molecule is CC(C)C[C@H](NC(=O)[C@H](CC(C)C)NC(=O)[C@H](CC(C)C)NC(=O)[C@H](CCCCN)NC(=O)[C@H](CCCN=C(N)N)NC(=O)[C@H](CO)NC(=O)[C@H](CCC(=O)O)NC(=O)[C@H](C)NC(=O)[C@@H](N)CO)C(=O)O. The molecule has 0 aliphatic heterocycles. The van der Waals surface area contributed by atoms with Crippen LogP contribution in [0.5, 0.6) is 0 Å². The number of aliphatic hydroxyl groups is 2. The van der Waals surface area contributed by atoms with E-state index in [1.807, 2.05) is 13.8 Å². The van der Waals surface area contributed by atoms with Crippen LogP contribution < -0.4 is 65.5 Å². The highest BCUT2D eigenvalue weighted by Crippen LogP contribution is 2.13. The van der Waals surface area contributed by atoms with Gasteiger partial charge in [-0.3, -0.25) is 48.1 Å². The summed E-state index contributed by atoms with van der Waals surface area (Å²) in [6.45, 7) is 10.4. The lowest BCUT2D eigenvalue weighted by Crippen LogP contribution is -2.61. The van der Waals surface area contributed by atoms with Crippen molar-refractivity contribution < 1.29 is 68.4 Å². The lowest BCUT2D eigenvalue weighted by Gasteiger charge is -2.28. The molecule has 20 N–H and O–H groups in total. The molecule has 0 bridgehead atoms. The zero-order valence-electron chi connectivity index (χ0n) is 42.0. The number of aliphatic carboxylic acids is 2. The fraction of sp³-hybridized carbons (Fsp3) is 0.750. The van der Waals surface area contributed by atoms with Crippen LogP contribution in [0.3, 0.4) is 0 Å². The third-order valence-electron chi connectivity index (χ3n) is 10.5. The molecule has 27 heteroatoms. The van der Waals surface area contributed by atoms with E-state index in [1.54, 1.807) is 27.7 Å². The number of nitrogens with zero attached hydrogens (tertiary/aromatic N) is 1. The number of carboxylic acids is 2. The number of nitrogens with two attached hydrogens (primary N) is 4. The van der Waals surface area contributed by atoms with E-state index >= 15 is 0 Å². The second-order valence-corrected chi connectivity index (χ2v) is 18.5. The number of carbonyl (C=O) groups excluding carboxylic acids is 8. The van der Waals surface area contributed by atoms with Crippen molar-refractivity contribution in [2.24, 2.45) is 45.7 Å². The van der Waals surface area contributed by atoms with Crippen molar-refractivity contribution in [3.05, 3.63) is 0 Å². The number of nitrogens with one attached hydrogen (secondary N) is 8. The van der Waals surface area contributed by atoms with Gasteiger partial charge in [0.1, 0.15) is 54.4 Å². The van der Waals surface area contributed by atoms with E-state index in [0.29, 0.717) is 12.8 Å². The standard InChI is InChI=1S/C44H81N13O14/c1-22(2)17-30(40(67)55-31(18-23(3)4)41(68)56-32(43(70)71)19-24(5)6)54-38(65)27(11-8-9-15-45)52-37(64)28(12-10-16-49-44(47)48)53-42(69)33(21-59)57-39(66)29(13-14-34(60)61)51-35(62)25(7)50-36(63)26(46)20-58/h22-33,58-59H,8-21,45-46H2,1-7H3,(H,50,63)(H,51,62)(H,52,64)(H,53,69)(H,54,65)(H,55,67)(H,56,68)(H,57,66)(H,60,61)(H,70,71)(H4,47,48,49)/t25-,26-,27-,28-,29-,30-,31-,32-,33-/m0/s1. The molecule has 0 aromatic rings. The molecule has 0 unspecified atom stereocenters. The molecule has 0 saturated heterocycles. The second kappa shape index (κ2) is 34.2. The van der Waals surface area contributed by atoms with E-state index in [1.165, 1.54) is 6.92 Å². The van der Waals surface area contributed by atoms with Gasteiger partial charge < -0.3 is 85.9 Å². The van der Waals surface area contributed by atoms with Crippen LogP contribution in [-0.4, -0.2) is 166 Å². The Morgan fingerprint density at radius 1 is 0.465 bits per heavy atom. The molecule has 8 amide bonds. The summed E-state index contributed by atoms with van der Waals surface area (Å²) in [6.07, 6.45) is -0.165. The molecule has 9 atom stereocenters. The summed E-state index contributed by atoms with van der Waals surface area (Å²) < 4.78 is 0. The number of aliphatic imine (C=N–C) groups is 1. The third-order valence-corrected chi connectivity index (χ3v) is 10.5. The molecule has 0 radical (unpaired) electrons. The fourth-order valence-corrected chi connectivity index (χ4v) is 6.76. The molecule has 0 fully saturated rings. The predicted octanol–water partition coefficient (Wildman–Crippen LogP) is -4.53. The topological polar surface area (TPSA) is 464 Å². The molecular weight excluding hydrogens is 935 g/mol. The lowest BCUT2D eigenvalue weighted by atomic mass is 9.98. The van der Waals surface area contributed by atoms with Gasteiger partial charge >= 0.3 is 11.9 Å². The van der Waals surface area contributed by atoms with Crippen LogP contribution in [-0.2, 0) is 47.9 Å². The highest BCUT2D eigenvalue weighted by Gasteiger charge is 2.35. The Morgan fingerprint density at radius 3 is 1.25 bits per heavy atom. The van der Waals surface area contributed by atoms with Crippen LogP contribution in [0, 0.1) is 17.8 Å². The van der Waals surface area contributed by atoms with E-state index in [-0.39, 0.29) is 75.3 Å². The highest BCUT2D eigenvalue weighted by molar-refractivity contribution is 5.98. The van der Waals surface area contributed by atoms with Gasteiger partial charge in [-0.05, 0) is 89.0 Å². The maximum absolute atomic E-state index is 14.1. The van der Waals surface area contributed by atoms with E-state index in [0.717, 1.165) is 0 Å². The Morgan fingerprint density at radius 2 is 0.845 bits per heavy atom. The number of hydrogen-bond acceptors (Lipinski definition) is 15. The average Bonchev–Trinajstić information content (AvgIpc) is 3.27. The number of rotatable bonds is 36. The normalized spacial score (nSPS) is 15.0.